The maximum atomic E-state index is 14.3. The highest BCUT2D eigenvalue weighted by atomic mass is 19.1. The highest BCUT2D eigenvalue weighted by molar-refractivity contribution is 5.91. The lowest BCUT2D eigenvalue weighted by molar-refractivity contribution is 0.387. The van der Waals surface area contributed by atoms with Crippen molar-refractivity contribution >= 4 is 11.3 Å². The number of methoxy groups -OCH3 is 1. The molecule has 0 amide bonds. The van der Waals surface area contributed by atoms with Crippen LogP contribution in [0.2, 0.25) is 0 Å². The number of nitrogens with zero attached hydrogens (tertiary/aromatic N) is 5. The molecule has 0 aliphatic carbocycles. The minimum Gasteiger partial charge on any atom is -0.494 e. The molecule has 0 spiro atoms. The lowest BCUT2D eigenvalue weighted by Crippen LogP contribution is -2.43. The van der Waals surface area contributed by atoms with Gasteiger partial charge in [-0.1, -0.05) is 12.1 Å². The number of nitrogens with one attached hydrogen (secondary N) is 1. The molecule has 2 fully saturated rings. The molecule has 2 aromatic carbocycles. The SMILES string of the molecule is COc1cc(-c2c(-c3ccncc3)nn3c(-c4ccc(N5CC6C[C@H]5CN6)cc4C)ccnc23)ccc1F. The molecule has 2 bridgehead atoms. The van der Waals surface area contributed by atoms with Gasteiger partial charge in [0, 0.05) is 60.6 Å². The summed E-state index contributed by atoms with van der Waals surface area (Å²) in [6.07, 6.45) is 6.51. The lowest BCUT2D eigenvalue weighted by atomic mass is 10.0. The Balaban J connectivity index is 1.40. The second-order valence-corrected chi connectivity index (χ2v) is 10.0. The van der Waals surface area contributed by atoms with E-state index >= 15 is 0 Å². The quantitative estimate of drug-likeness (QED) is 0.356. The van der Waals surface area contributed by atoms with Gasteiger partial charge in [-0.15, -0.1) is 0 Å². The molecule has 3 aromatic heterocycles. The predicted octanol–water partition coefficient (Wildman–Crippen LogP) is 5.13. The van der Waals surface area contributed by atoms with Crippen molar-refractivity contribution in [1.82, 2.24) is 24.9 Å². The summed E-state index contributed by atoms with van der Waals surface area (Å²) in [5, 5.41) is 8.64. The molecule has 5 aromatic rings. The van der Waals surface area contributed by atoms with Gasteiger partial charge in [-0.25, -0.2) is 13.9 Å². The number of halogens is 1. The monoisotopic (exact) mass is 506 g/mol. The molecular formula is C30H27FN6O. The summed E-state index contributed by atoms with van der Waals surface area (Å²) >= 11 is 0. The van der Waals surface area contributed by atoms with Crippen molar-refractivity contribution in [2.24, 2.45) is 0 Å². The van der Waals surface area contributed by atoms with Crippen LogP contribution in [0.1, 0.15) is 12.0 Å². The minimum absolute atomic E-state index is 0.177. The fraction of sp³-hybridized carbons (Fsp3) is 0.233. The average molecular weight is 507 g/mol. The molecule has 7 nitrogen and oxygen atoms in total. The number of fused-ring (bicyclic) bond motifs is 3. The van der Waals surface area contributed by atoms with Crippen molar-refractivity contribution in [3.8, 4) is 39.4 Å². The van der Waals surface area contributed by atoms with Gasteiger partial charge in [0.1, 0.15) is 5.69 Å². The molecule has 1 unspecified atom stereocenters. The first-order chi connectivity index (χ1) is 18.6. The first-order valence-corrected chi connectivity index (χ1v) is 12.8. The number of ether oxygens (including phenoxy) is 1. The van der Waals surface area contributed by atoms with Gasteiger partial charge in [0.25, 0.3) is 0 Å². The number of aryl methyl sites for hydroxylation is 1. The number of piperazine rings is 1. The van der Waals surface area contributed by atoms with E-state index in [2.05, 4.69) is 40.3 Å². The first kappa shape index (κ1) is 22.9. The summed E-state index contributed by atoms with van der Waals surface area (Å²) in [7, 11) is 1.47. The third kappa shape index (κ3) is 3.63. The average Bonchev–Trinajstić information content (AvgIpc) is 3.68. The molecule has 7 rings (SSSR count). The number of benzene rings is 2. The molecule has 2 aliphatic rings. The summed E-state index contributed by atoms with van der Waals surface area (Å²) in [6, 6.07) is 18.5. The van der Waals surface area contributed by atoms with Crippen LogP contribution in [0.4, 0.5) is 10.1 Å². The van der Waals surface area contributed by atoms with Crippen LogP contribution in [0.3, 0.4) is 0 Å². The van der Waals surface area contributed by atoms with E-state index in [-0.39, 0.29) is 5.75 Å². The Labute approximate surface area is 219 Å². The van der Waals surface area contributed by atoms with Crippen molar-refractivity contribution in [2.75, 3.05) is 25.1 Å². The molecule has 1 N–H and O–H groups in total. The number of aromatic nitrogens is 4. The van der Waals surface area contributed by atoms with Gasteiger partial charge in [-0.2, -0.15) is 5.10 Å². The largest absolute Gasteiger partial charge is 0.494 e. The third-order valence-electron chi connectivity index (χ3n) is 7.79. The Morgan fingerprint density at radius 1 is 1.00 bits per heavy atom. The summed E-state index contributed by atoms with van der Waals surface area (Å²) in [5.41, 5.74) is 8.41. The van der Waals surface area contributed by atoms with Crippen LogP contribution in [-0.4, -0.2) is 51.9 Å². The normalized spacial score (nSPS) is 18.4. The van der Waals surface area contributed by atoms with E-state index < -0.39 is 5.82 Å². The summed E-state index contributed by atoms with van der Waals surface area (Å²) < 4.78 is 21.5. The van der Waals surface area contributed by atoms with Crippen LogP contribution >= 0.6 is 0 Å². The molecule has 8 heteroatoms. The van der Waals surface area contributed by atoms with E-state index in [0.717, 1.165) is 46.7 Å². The van der Waals surface area contributed by atoms with E-state index in [4.69, 9.17) is 14.8 Å². The van der Waals surface area contributed by atoms with E-state index in [0.29, 0.717) is 17.7 Å². The molecule has 0 radical (unpaired) electrons. The fourth-order valence-corrected chi connectivity index (χ4v) is 5.93. The number of hydrogen-bond acceptors (Lipinski definition) is 6. The van der Waals surface area contributed by atoms with Gasteiger partial charge in [0.15, 0.2) is 17.2 Å². The number of anilines is 1. The van der Waals surface area contributed by atoms with Crippen molar-refractivity contribution in [3.63, 3.8) is 0 Å². The Morgan fingerprint density at radius 3 is 2.61 bits per heavy atom. The zero-order valence-electron chi connectivity index (χ0n) is 21.2. The molecule has 2 atom stereocenters. The van der Waals surface area contributed by atoms with Gasteiger partial charge in [-0.3, -0.25) is 4.98 Å². The van der Waals surface area contributed by atoms with E-state index in [9.17, 15) is 4.39 Å². The van der Waals surface area contributed by atoms with E-state index in [1.165, 1.54) is 30.8 Å². The molecule has 190 valence electrons. The predicted molar refractivity (Wildman–Crippen MR) is 146 cm³/mol. The van der Waals surface area contributed by atoms with Gasteiger partial charge >= 0.3 is 0 Å². The van der Waals surface area contributed by atoms with Gasteiger partial charge in [0.2, 0.25) is 0 Å². The van der Waals surface area contributed by atoms with E-state index in [1.54, 1.807) is 24.5 Å². The van der Waals surface area contributed by atoms with Crippen molar-refractivity contribution < 1.29 is 9.13 Å². The molecule has 38 heavy (non-hydrogen) atoms. The van der Waals surface area contributed by atoms with Crippen LogP contribution in [0, 0.1) is 12.7 Å². The molecule has 2 aliphatic heterocycles. The third-order valence-corrected chi connectivity index (χ3v) is 7.79. The van der Waals surface area contributed by atoms with Gasteiger partial charge < -0.3 is 15.0 Å². The molecule has 5 heterocycles. The zero-order valence-corrected chi connectivity index (χ0v) is 21.2. The van der Waals surface area contributed by atoms with Crippen molar-refractivity contribution in [3.05, 3.63) is 84.6 Å². The molecule has 2 saturated heterocycles. The maximum absolute atomic E-state index is 14.3. The topological polar surface area (TPSA) is 67.6 Å². The van der Waals surface area contributed by atoms with Crippen LogP contribution in [0.5, 0.6) is 5.75 Å². The second kappa shape index (κ2) is 8.92. The smallest absolute Gasteiger partial charge is 0.165 e. The van der Waals surface area contributed by atoms with Gasteiger partial charge in [0.05, 0.1) is 18.4 Å². The van der Waals surface area contributed by atoms with E-state index in [1.807, 2.05) is 28.9 Å². The number of rotatable bonds is 5. The van der Waals surface area contributed by atoms with Crippen LogP contribution in [-0.2, 0) is 0 Å². The Morgan fingerprint density at radius 2 is 1.87 bits per heavy atom. The number of hydrogen-bond donors (Lipinski definition) is 1. The highest BCUT2D eigenvalue weighted by Gasteiger charge is 2.37. The lowest BCUT2D eigenvalue weighted by Gasteiger charge is -2.30. The zero-order chi connectivity index (χ0) is 25.8. The van der Waals surface area contributed by atoms with Crippen LogP contribution in [0.25, 0.3) is 39.3 Å². The van der Waals surface area contributed by atoms with Crippen molar-refractivity contribution in [2.45, 2.75) is 25.4 Å². The summed E-state index contributed by atoms with van der Waals surface area (Å²) in [4.78, 5) is 11.4. The Kier molecular flexibility index (Phi) is 5.37. The minimum atomic E-state index is -0.412. The second-order valence-electron chi connectivity index (χ2n) is 10.0. The summed E-state index contributed by atoms with van der Waals surface area (Å²) in [6.45, 7) is 4.26. The van der Waals surface area contributed by atoms with Crippen LogP contribution < -0.4 is 15.0 Å². The first-order valence-electron chi connectivity index (χ1n) is 12.8. The Hall–Kier alpha value is -4.30. The Bertz CT molecular complexity index is 1670. The highest BCUT2D eigenvalue weighted by Crippen LogP contribution is 2.39. The standard InChI is InChI=1S/C30H27FN6O/c1-18-13-22(36-17-21-15-23(36)16-34-21)4-5-24(18)26-9-12-33-30-28(20-3-6-25(31)27(14-20)38-2)29(35-37(26)30)19-7-10-32-11-8-19/h3-14,21,23,34H,15-17H2,1-2H3/t21?,23-/m0/s1. The fourth-order valence-electron chi connectivity index (χ4n) is 5.93. The number of pyridine rings is 1. The van der Waals surface area contributed by atoms with Crippen LogP contribution in [0.15, 0.2) is 73.2 Å². The summed E-state index contributed by atoms with van der Waals surface area (Å²) in [5.74, 6) is -0.236. The molecule has 0 saturated carbocycles. The van der Waals surface area contributed by atoms with Gasteiger partial charge in [-0.05, 0) is 66.9 Å². The maximum Gasteiger partial charge on any atom is 0.165 e. The molecular weight excluding hydrogens is 479 g/mol. The van der Waals surface area contributed by atoms with Crippen molar-refractivity contribution in [1.29, 1.82) is 0 Å².